The van der Waals surface area contributed by atoms with E-state index in [0.717, 1.165) is 12.0 Å². The second kappa shape index (κ2) is 9.34. The minimum Gasteiger partial charge on any atom is -0.474 e. The predicted octanol–water partition coefficient (Wildman–Crippen LogP) is 4.76. The van der Waals surface area contributed by atoms with Crippen molar-refractivity contribution in [2.45, 2.75) is 49.3 Å². The summed E-state index contributed by atoms with van der Waals surface area (Å²) in [6, 6.07) is 14.1. The lowest BCUT2D eigenvalue weighted by Gasteiger charge is -2.45. The monoisotopic (exact) mass is 514 g/mol. The maximum atomic E-state index is 13.7. The number of aliphatic hydroxyl groups excluding tert-OH is 1. The molecule has 2 aliphatic rings. The molecule has 1 aliphatic heterocycles. The summed E-state index contributed by atoms with van der Waals surface area (Å²) in [5.74, 6) is -1.34. The molecule has 1 amide bonds. The number of carbonyl (C=O) groups excluding carboxylic acids is 2. The molecule has 4 atom stereocenters. The number of amides is 1. The van der Waals surface area contributed by atoms with E-state index in [1.165, 1.54) is 15.6 Å². The highest BCUT2D eigenvalue weighted by Gasteiger charge is 2.53. The molecule has 0 bridgehead atoms. The Morgan fingerprint density at radius 1 is 1.15 bits per heavy atom. The fraction of sp³-hybridized carbons (Fsp3) is 0.320. The number of thiophene rings is 1. The van der Waals surface area contributed by atoms with Gasteiger partial charge in [-0.25, -0.2) is 4.98 Å². The van der Waals surface area contributed by atoms with E-state index in [4.69, 9.17) is 21.3 Å². The smallest absolute Gasteiger partial charge is 0.248 e. The first-order chi connectivity index (χ1) is 16.4. The number of hydrogen-bond donors (Lipinski definition) is 2. The largest absolute Gasteiger partial charge is 0.474 e. The summed E-state index contributed by atoms with van der Waals surface area (Å²) in [6.45, 7) is 0. The fourth-order valence-electron chi connectivity index (χ4n) is 4.87. The number of carbonyl (C=O) groups is 2. The summed E-state index contributed by atoms with van der Waals surface area (Å²) in [6.07, 6.45) is 1.50. The van der Waals surface area contributed by atoms with Crippen LogP contribution >= 0.6 is 35.8 Å². The Kier molecular flexibility index (Phi) is 6.41. The lowest BCUT2D eigenvalue weighted by molar-refractivity contribution is -0.142. The van der Waals surface area contributed by atoms with Gasteiger partial charge in [-0.2, -0.15) is 11.3 Å². The van der Waals surface area contributed by atoms with E-state index in [9.17, 15) is 14.7 Å². The van der Waals surface area contributed by atoms with Crippen LogP contribution in [0.4, 0.5) is 0 Å². The highest BCUT2D eigenvalue weighted by molar-refractivity contribution is 7.78. The zero-order valence-electron chi connectivity index (χ0n) is 18.1. The molecule has 3 heterocycles. The third-order valence-corrected chi connectivity index (χ3v) is 8.14. The molecule has 34 heavy (non-hydrogen) atoms. The molecule has 0 radical (unpaired) electrons. The molecule has 1 saturated heterocycles. The number of nitrogens with zero attached hydrogens (tertiary/aromatic N) is 2. The third kappa shape index (κ3) is 4.02. The van der Waals surface area contributed by atoms with Crippen LogP contribution in [0.2, 0.25) is 5.02 Å². The van der Waals surface area contributed by atoms with Crippen molar-refractivity contribution in [2.24, 2.45) is 0 Å². The molecule has 1 aromatic carbocycles. The number of benzene rings is 1. The average molecular weight is 515 g/mol. The first-order valence-corrected chi connectivity index (χ1v) is 12.8. The Balaban J connectivity index is 1.56. The highest BCUT2D eigenvalue weighted by Crippen LogP contribution is 2.48. The van der Waals surface area contributed by atoms with E-state index in [1.54, 1.807) is 42.5 Å². The molecule has 3 aromatic rings. The van der Waals surface area contributed by atoms with Crippen molar-refractivity contribution in [1.29, 1.82) is 0 Å². The van der Waals surface area contributed by atoms with Gasteiger partial charge in [0.25, 0.3) is 0 Å². The number of rotatable bonds is 5. The zero-order chi connectivity index (χ0) is 23.9. The minimum absolute atomic E-state index is 0.00649. The third-order valence-electron chi connectivity index (χ3n) is 6.58. The van der Waals surface area contributed by atoms with E-state index in [-0.39, 0.29) is 24.4 Å². The van der Waals surface area contributed by atoms with E-state index in [0.29, 0.717) is 35.0 Å². The molecule has 1 N–H and O–H groups in total. The van der Waals surface area contributed by atoms with Gasteiger partial charge in [0, 0.05) is 23.9 Å². The zero-order valence-corrected chi connectivity index (χ0v) is 20.6. The van der Waals surface area contributed by atoms with Crippen molar-refractivity contribution in [1.82, 2.24) is 9.29 Å². The Hall–Kier alpha value is -2.39. The fourth-order valence-corrected chi connectivity index (χ4v) is 6.24. The quantitative estimate of drug-likeness (QED) is 0.379. The molecule has 9 heteroatoms. The Labute approximate surface area is 212 Å². The second-order valence-corrected chi connectivity index (χ2v) is 10.3. The lowest BCUT2D eigenvalue weighted by Crippen LogP contribution is -2.54. The molecule has 176 valence electrons. The maximum absolute atomic E-state index is 13.7. The van der Waals surface area contributed by atoms with Gasteiger partial charge in [-0.1, -0.05) is 48.7 Å². The maximum Gasteiger partial charge on any atom is 0.248 e. The van der Waals surface area contributed by atoms with Gasteiger partial charge in [-0.05, 0) is 52.9 Å². The molecule has 6 nitrogen and oxygen atoms in total. The van der Waals surface area contributed by atoms with Crippen LogP contribution < -0.4 is 4.74 Å². The molecule has 2 fully saturated rings. The molecule has 2 aromatic heterocycles. The first-order valence-electron chi connectivity index (χ1n) is 11.0. The number of hydrogen-bond acceptors (Lipinski definition) is 7. The minimum atomic E-state index is -1.19. The summed E-state index contributed by atoms with van der Waals surface area (Å²) in [5.41, 5.74) is 0.537. The first kappa shape index (κ1) is 23.4. The molecule has 4 unspecified atom stereocenters. The van der Waals surface area contributed by atoms with Gasteiger partial charge in [0.15, 0.2) is 5.78 Å². The van der Waals surface area contributed by atoms with Crippen molar-refractivity contribution >= 4 is 47.4 Å². The number of aromatic nitrogens is 1. The van der Waals surface area contributed by atoms with Crippen LogP contribution in [0.3, 0.4) is 0 Å². The van der Waals surface area contributed by atoms with Crippen molar-refractivity contribution in [2.75, 3.05) is 0 Å². The number of piperidine rings is 1. The van der Waals surface area contributed by atoms with Gasteiger partial charge in [0.1, 0.15) is 17.6 Å². The van der Waals surface area contributed by atoms with Gasteiger partial charge >= 0.3 is 0 Å². The van der Waals surface area contributed by atoms with Crippen LogP contribution in [-0.4, -0.2) is 38.3 Å². The lowest BCUT2D eigenvalue weighted by atomic mass is 9.75. The van der Waals surface area contributed by atoms with E-state index < -0.39 is 17.4 Å². The normalized spacial score (nSPS) is 27.3. The summed E-state index contributed by atoms with van der Waals surface area (Å²) in [7, 11) is 0. The number of pyridine rings is 1. The number of thiol groups is 1. The van der Waals surface area contributed by atoms with Crippen LogP contribution in [0.1, 0.15) is 48.4 Å². The molecular formula is C25H23ClN2O4S2. The van der Waals surface area contributed by atoms with Crippen molar-refractivity contribution in [3.63, 3.8) is 0 Å². The Bertz CT molecular complexity index is 1220. The number of ether oxygens (including phenoxy) is 1. The van der Waals surface area contributed by atoms with Crippen LogP contribution in [0, 0.1) is 0 Å². The predicted molar refractivity (Wildman–Crippen MR) is 133 cm³/mol. The van der Waals surface area contributed by atoms with Crippen LogP contribution in [0.25, 0.3) is 0 Å². The summed E-state index contributed by atoms with van der Waals surface area (Å²) >= 11 is 12.5. The standard InChI is InChI=1S/C25H23ClN2O4S2/c26-19-5-2-1-4-18(19)23-20(30)13-25(28(33)24(23)31,15-10-11-34-14-15)21-6-3-7-22(27-21)32-17-9-8-16(29)12-17/h1-7,10-11,14,16-17,23,29,33H,8-9,12-13H2. The second-order valence-electron chi connectivity index (χ2n) is 8.69. The van der Waals surface area contributed by atoms with Crippen molar-refractivity contribution < 1.29 is 19.4 Å². The van der Waals surface area contributed by atoms with Crippen LogP contribution in [0.15, 0.2) is 59.3 Å². The van der Waals surface area contributed by atoms with Crippen molar-refractivity contribution in [3.8, 4) is 5.88 Å². The van der Waals surface area contributed by atoms with Gasteiger partial charge in [-0.3, -0.25) is 13.9 Å². The molecule has 1 saturated carbocycles. The number of aliphatic hydroxyl groups is 1. The van der Waals surface area contributed by atoms with E-state index in [2.05, 4.69) is 12.8 Å². The van der Waals surface area contributed by atoms with Gasteiger partial charge < -0.3 is 9.84 Å². The molecule has 0 spiro atoms. The molecular weight excluding hydrogens is 492 g/mol. The Morgan fingerprint density at radius 2 is 1.97 bits per heavy atom. The van der Waals surface area contributed by atoms with Crippen LogP contribution in [0.5, 0.6) is 5.88 Å². The number of ketones is 1. The van der Waals surface area contributed by atoms with Gasteiger partial charge in [0.2, 0.25) is 11.8 Å². The Morgan fingerprint density at radius 3 is 2.68 bits per heavy atom. The number of Topliss-reactive ketones (excluding diaryl/α,β-unsaturated/α-hetero) is 1. The van der Waals surface area contributed by atoms with E-state index >= 15 is 0 Å². The molecule has 5 rings (SSSR count). The average Bonchev–Trinajstić information content (AvgIpc) is 3.50. The summed E-state index contributed by atoms with van der Waals surface area (Å²) < 4.78 is 7.36. The molecule has 1 aliphatic carbocycles. The van der Waals surface area contributed by atoms with Gasteiger partial charge in [-0.15, -0.1) is 0 Å². The number of halogens is 1. The summed E-state index contributed by atoms with van der Waals surface area (Å²) in [4.78, 5) is 31.9. The van der Waals surface area contributed by atoms with Crippen LogP contribution in [-0.2, 0) is 15.1 Å². The highest BCUT2D eigenvalue weighted by atomic mass is 35.5. The van der Waals surface area contributed by atoms with Crippen molar-refractivity contribution in [3.05, 3.63) is 81.1 Å². The summed E-state index contributed by atoms with van der Waals surface area (Å²) in [5, 5.41) is 14.0. The topological polar surface area (TPSA) is 79.7 Å². The SMILES string of the molecule is O=C1CC(c2ccsc2)(c2cccc(OC3CCC(O)C3)n2)N(S)C(=O)C1c1ccccc1Cl. The van der Waals surface area contributed by atoms with E-state index in [1.807, 2.05) is 16.8 Å². The van der Waals surface area contributed by atoms with Gasteiger partial charge in [0.05, 0.1) is 11.8 Å².